The molecule has 2 saturated heterocycles. The summed E-state index contributed by atoms with van der Waals surface area (Å²) in [4.78, 5) is 20.5. The molecule has 0 radical (unpaired) electrons. The van der Waals surface area contributed by atoms with Gasteiger partial charge in [0.1, 0.15) is 0 Å². The Labute approximate surface area is 178 Å². The highest BCUT2D eigenvalue weighted by molar-refractivity contribution is 5.90. The molecular formula is C25H30N2O3. The number of pyridine rings is 1. The average molecular weight is 407 g/mol. The summed E-state index contributed by atoms with van der Waals surface area (Å²) < 4.78 is 12.3. The SMILES string of the molecule is Cc1cc(CN2CC[C@H]3[C@H](C)C4(CCC3(c3ccccc3)C2=O)OCCO4)ccn1. The first-order chi connectivity index (χ1) is 14.6. The molecule has 0 N–H and O–H groups in total. The van der Waals surface area contributed by atoms with Crippen molar-refractivity contribution in [2.45, 2.75) is 50.9 Å². The third kappa shape index (κ3) is 2.98. The third-order valence-electron chi connectivity index (χ3n) is 7.58. The predicted molar refractivity (Wildman–Crippen MR) is 114 cm³/mol. The number of aromatic nitrogens is 1. The molecule has 3 fully saturated rings. The van der Waals surface area contributed by atoms with Gasteiger partial charge in [0.25, 0.3) is 0 Å². The maximum absolute atomic E-state index is 14.1. The molecule has 5 heteroatoms. The van der Waals surface area contributed by atoms with Crippen LogP contribution in [-0.2, 0) is 26.2 Å². The topological polar surface area (TPSA) is 51.7 Å². The lowest BCUT2D eigenvalue weighted by atomic mass is 9.54. The van der Waals surface area contributed by atoms with Crippen LogP contribution in [0.3, 0.4) is 0 Å². The first-order valence-electron chi connectivity index (χ1n) is 11.1. The number of aryl methyl sites for hydroxylation is 1. The van der Waals surface area contributed by atoms with Gasteiger partial charge in [-0.1, -0.05) is 37.3 Å². The summed E-state index contributed by atoms with van der Waals surface area (Å²) in [7, 11) is 0. The third-order valence-corrected chi connectivity index (χ3v) is 7.58. The highest BCUT2D eigenvalue weighted by atomic mass is 16.7. The fourth-order valence-corrected chi connectivity index (χ4v) is 6.13. The molecule has 1 unspecified atom stereocenters. The Bertz CT molecular complexity index is 925. The van der Waals surface area contributed by atoms with Crippen LogP contribution in [0.25, 0.3) is 0 Å². The summed E-state index contributed by atoms with van der Waals surface area (Å²) in [5.41, 5.74) is 2.74. The Morgan fingerprint density at radius 2 is 1.90 bits per heavy atom. The molecule has 2 aliphatic heterocycles. The van der Waals surface area contributed by atoms with E-state index in [1.165, 1.54) is 0 Å². The monoisotopic (exact) mass is 406 g/mol. The summed E-state index contributed by atoms with van der Waals surface area (Å²) >= 11 is 0. The van der Waals surface area contributed by atoms with Gasteiger partial charge in [0.05, 0.1) is 18.6 Å². The summed E-state index contributed by atoms with van der Waals surface area (Å²) in [5, 5.41) is 0. The summed E-state index contributed by atoms with van der Waals surface area (Å²) in [6.45, 7) is 6.92. The molecule has 2 aromatic rings. The molecule has 1 aliphatic carbocycles. The molecule has 5 rings (SSSR count). The average Bonchev–Trinajstić information content (AvgIpc) is 3.24. The summed E-state index contributed by atoms with van der Waals surface area (Å²) in [5.74, 6) is 0.102. The second-order valence-corrected chi connectivity index (χ2v) is 9.06. The number of nitrogens with zero attached hydrogens (tertiary/aromatic N) is 2. The van der Waals surface area contributed by atoms with E-state index < -0.39 is 11.2 Å². The number of benzene rings is 1. The van der Waals surface area contributed by atoms with Crippen LogP contribution < -0.4 is 0 Å². The fourth-order valence-electron chi connectivity index (χ4n) is 6.13. The van der Waals surface area contributed by atoms with Gasteiger partial charge in [0.15, 0.2) is 5.79 Å². The second kappa shape index (κ2) is 7.47. The van der Waals surface area contributed by atoms with Gasteiger partial charge in [0, 0.05) is 37.3 Å². The van der Waals surface area contributed by atoms with E-state index >= 15 is 0 Å². The van der Waals surface area contributed by atoms with Crippen molar-refractivity contribution in [1.29, 1.82) is 0 Å². The number of amides is 1. The Morgan fingerprint density at radius 1 is 1.13 bits per heavy atom. The lowest BCUT2D eigenvalue weighted by Crippen LogP contribution is -2.64. The van der Waals surface area contributed by atoms with Gasteiger partial charge < -0.3 is 14.4 Å². The number of likely N-dealkylation sites (tertiary alicyclic amines) is 1. The van der Waals surface area contributed by atoms with Crippen LogP contribution in [0.2, 0.25) is 0 Å². The van der Waals surface area contributed by atoms with Crippen LogP contribution in [0.4, 0.5) is 0 Å². The number of hydrogen-bond acceptors (Lipinski definition) is 4. The van der Waals surface area contributed by atoms with Crippen molar-refractivity contribution in [2.24, 2.45) is 11.8 Å². The quantitative estimate of drug-likeness (QED) is 0.777. The smallest absolute Gasteiger partial charge is 0.233 e. The molecule has 3 atom stereocenters. The first kappa shape index (κ1) is 19.7. The van der Waals surface area contributed by atoms with Crippen molar-refractivity contribution in [1.82, 2.24) is 9.88 Å². The Morgan fingerprint density at radius 3 is 2.63 bits per heavy atom. The minimum atomic E-state index is -0.520. The van der Waals surface area contributed by atoms with E-state index in [-0.39, 0.29) is 17.7 Å². The minimum absolute atomic E-state index is 0.170. The van der Waals surface area contributed by atoms with Gasteiger partial charge >= 0.3 is 0 Å². The van der Waals surface area contributed by atoms with Crippen LogP contribution in [0.1, 0.15) is 43.0 Å². The maximum Gasteiger partial charge on any atom is 0.233 e. The molecule has 3 heterocycles. The number of piperidine rings is 1. The van der Waals surface area contributed by atoms with Crippen molar-refractivity contribution in [2.75, 3.05) is 19.8 Å². The normalized spacial score (nSPS) is 30.5. The van der Waals surface area contributed by atoms with E-state index in [0.717, 1.165) is 42.6 Å². The van der Waals surface area contributed by atoms with Gasteiger partial charge in [0.2, 0.25) is 5.91 Å². The van der Waals surface area contributed by atoms with E-state index in [0.29, 0.717) is 19.8 Å². The summed E-state index contributed by atoms with van der Waals surface area (Å²) in [6, 6.07) is 14.5. The van der Waals surface area contributed by atoms with Crippen molar-refractivity contribution in [3.63, 3.8) is 0 Å². The number of carbonyl (C=O) groups is 1. The molecular weight excluding hydrogens is 376 g/mol. The Balaban J connectivity index is 1.52. The standard InChI is InChI=1S/C25H30N2O3/c1-18-16-20(8-12-26-18)17-27-13-9-22-19(2)25(29-14-15-30-25)11-10-24(22,23(27)28)21-6-4-3-5-7-21/h3-8,12,16,19,22H,9-11,13-15,17H2,1-2H3/t19-,22-,24?/m0/s1. The van der Waals surface area contributed by atoms with Gasteiger partial charge in [-0.05, 0) is 48.9 Å². The molecule has 1 spiro atoms. The lowest BCUT2D eigenvalue weighted by Gasteiger charge is -2.56. The van der Waals surface area contributed by atoms with E-state index in [9.17, 15) is 4.79 Å². The Kier molecular flexibility index (Phi) is 4.91. The van der Waals surface area contributed by atoms with Crippen molar-refractivity contribution in [3.05, 3.63) is 65.5 Å². The van der Waals surface area contributed by atoms with Crippen LogP contribution in [-0.4, -0.2) is 41.3 Å². The number of carbonyl (C=O) groups excluding carboxylic acids is 1. The number of rotatable bonds is 3. The van der Waals surface area contributed by atoms with Crippen molar-refractivity contribution in [3.8, 4) is 0 Å². The maximum atomic E-state index is 14.1. The molecule has 1 aromatic heterocycles. The van der Waals surface area contributed by atoms with Crippen LogP contribution in [0.5, 0.6) is 0 Å². The fraction of sp³-hybridized carbons (Fsp3) is 0.520. The minimum Gasteiger partial charge on any atom is -0.347 e. The number of hydrogen-bond donors (Lipinski definition) is 0. The highest BCUT2D eigenvalue weighted by Crippen LogP contribution is 2.56. The summed E-state index contributed by atoms with van der Waals surface area (Å²) in [6.07, 6.45) is 4.31. The molecule has 1 amide bonds. The van der Waals surface area contributed by atoms with Gasteiger partial charge in [-0.3, -0.25) is 9.78 Å². The van der Waals surface area contributed by atoms with E-state index in [1.807, 2.05) is 25.3 Å². The molecule has 3 aliphatic rings. The number of ether oxygens (including phenoxy) is 2. The van der Waals surface area contributed by atoms with E-state index in [4.69, 9.17) is 9.47 Å². The van der Waals surface area contributed by atoms with Crippen LogP contribution >= 0.6 is 0 Å². The molecule has 30 heavy (non-hydrogen) atoms. The zero-order valence-electron chi connectivity index (χ0n) is 17.8. The zero-order valence-corrected chi connectivity index (χ0v) is 17.8. The van der Waals surface area contributed by atoms with E-state index in [2.05, 4.69) is 47.1 Å². The molecule has 0 bridgehead atoms. The highest BCUT2D eigenvalue weighted by Gasteiger charge is 2.62. The molecule has 158 valence electrons. The second-order valence-electron chi connectivity index (χ2n) is 9.06. The van der Waals surface area contributed by atoms with Gasteiger partial charge in [-0.2, -0.15) is 0 Å². The van der Waals surface area contributed by atoms with Crippen LogP contribution in [0.15, 0.2) is 48.7 Å². The largest absolute Gasteiger partial charge is 0.347 e. The number of fused-ring (bicyclic) bond motifs is 1. The molecule has 1 saturated carbocycles. The van der Waals surface area contributed by atoms with Crippen molar-refractivity contribution >= 4 is 5.91 Å². The first-order valence-corrected chi connectivity index (χ1v) is 11.1. The van der Waals surface area contributed by atoms with Gasteiger partial charge in [-0.25, -0.2) is 0 Å². The Hall–Kier alpha value is -2.24. The van der Waals surface area contributed by atoms with Crippen LogP contribution in [0, 0.1) is 18.8 Å². The van der Waals surface area contributed by atoms with Crippen molar-refractivity contribution < 1.29 is 14.3 Å². The lowest BCUT2D eigenvalue weighted by molar-refractivity contribution is -0.238. The molecule has 1 aromatic carbocycles. The predicted octanol–water partition coefficient (Wildman–Crippen LogP) is 3.85. The van der Waals surface area contributed by atoms with Gasteiger partial charge in [-0.15, -0.1) is 0 Å². The molecule has 5 nitrogen and oxygen atoms in total. The van der Waals surface area contributed by atoms with E-state index in [1.54, 1.807) is 0 Å². The zero-order chi connectivity index (χ0) is 20.8.